The average Bonchev–Trinajstić information content (AvgIpc) is 2.16. The van der Waals surface area contributed by atoms with E-state index in [2.05, 4.69) is 5.18 Å². The highest BCUT2D eigenvalue weighted by Crippen LogP contribution is 2.09. The Morgan fingerprint density at radius 3 is 2.36 bits per heavy atom. The van der Waals surface area contributed by atoms with Crippen molar-refractivity contribution < 1.29 is 8.42 Å². The highest BCUT2D eigenvalue weighted by molar-refractivity contribution is 7.89. The number of aryl methyl sites for hydroxylation is 1. The molecule has 0 aliphatic heterocycles. The molecular formula is C8H10N2O3S. The third-order valence-electron chi connectivity index (χ3n) is 1.65. The second-order valence-electron chi connectivity index (χ2n) is 2.75. The fraction of sp³-hybridized carbons (Fsp3) is 0.250. The van der Waals surface area contributed by atoms with Crippen LogP contribution in [0.2, 0.25) is 0 Å². The van der Waals surface area contributed by atoms with Gasteiger partial charge in [0.25, 0.3) is 0 Å². The zero-order chi connectivity index (χ0) is 10.6. The molecule has 0 saturated carbocycles. The summed E-state index contributed by atoms with van der Waals surface area (Å²) >= 11 is 0. The first-order valence-corrected chi connectivity index (χ1v) is 5.40. The quantitative estimate of drug-likeness (QED) is 0.759. The van der Waals surface area contributed by atoms with Crippen LogP contribution in [0.25, 0.3) is 0 Å². The van der Waals surface area contributed by atoms with Gasteiger partial charge in [-0.3, -0.25) is 0 Å². The van der Waals surface area contributed by atoms with Gasteiger partial charge in [-0.05, 0) is 19.1 Å². The SMILES string of the molecule is Cc1ccc(S(=O)(=O)NCN=O)cc1. The average molecular weight is 214 g/mol. The molecule has 1 N–H and O–H groups in total. The molecule has 0 aliphatic carbocycles. The molecule has 0 fully saturated rings. The van der Waals surface area contributed by atoms with E-state index in [0.29, 0.717) is 0 Å². The van der Waals surface area contributed by atoms with Gasteiger partial charge in [-0.15, -0.1) is 4.91 Å². The third kappa shape index (κ3) is 2.61. The number of rotatable bonds is 4. The molecule has 1 aromatic carbocycles. The number of nitrogens with one attached hydrogen (secondary N) is 1. The Morgan fingerprint density at radius 1 is 1.29 bits per heavy atom. The van der Waals surface area contributed by atoms with E-state index in [1.807, 2.05) is 11.6 Å². The zero-order valence-corrected chi connectivity index (χ0v) is 8.41. The van der Waals surface area contributed by atoms with Gasteiger partial charge in [-0.2, -0.15) is 4.72 Å². The minimum absolute atomic E-state index is 0.131. The van der Waals surface area contributed by atoms with E-state index in [0.717, 1.165) is 5.56 Å². The smallest absolute Gasteiger partial charge is 0.207 e. The maximum absolute atomic E-state index is 11.4. The van der Waals surface area contributed by atoms with E-state index in [4.69, 9.17) is 0 Å². The Bertz CT molecular complexity index is 411. The number of nitrogens with zero attached hydrogens (tertiary/aromatic N) is 1. The van der Waals surface area contributed by atoms with Crippen LogP contribution >= 0.6 is 0 Å². The third-order valence-corrected chi connectivity index (χ3v) is 3.05. The predicted octanol–water partition coefficient (Wildman–Crippen LogP) is 0.997. The van der Waals surface area contributed by atoms with Crippen molar-refractivity contribution >= 4 is 10.0 Å². The molecule has 0 aromatic heterocycles. The fourth-order valence-corrected chi connectivity index (χ4v) is 1.80. The van der Waals surface area contributed by atoms with Gasteiger partial charge in [0.05, 0.1) is 4.90 Å². The zero-order valence-electron chi connectivity index (χ0n) is 7.60. The minimum atomic E-state index is -3.58. The Kier molecular flexibility index (Phi) is 3.32. The van der Waals surface area contributed by atoms with Crippen molar-refractivity contribution in [1.29, 1.82) is 0 Å². The van der Waals surface area contributed by atoms with E-state index in [1.54, 1.807) is 12.1 Å². The summed E-state index contributed by atoms with van der Waals surface area (Å²) in [6.45, 7) is 1.41. The molecular weight excluding hydrogens is 204 g/mol. The molecule has 0 spiro atoms. The van der Waals surface area contributed by atoms with Crippen LogP contribution in [0.15, 0.2) is 34.3 Å². The molecule has 14 heavy (non-hydrogen) atoms. The Balaban J connectivity index is 2.93. The highest BCUT2D eigenvalue weighted by atomic mass is 32.2. The lowest BCUT2D eigenvalue weighted by Gasteiger charge is -2.02. The van der Waals surface area contributed by atoms with Gasteiger partial charge in [-0.25, -0.2) is 8.42 Å². The molecule has 0 bridgehead atoms. The molecule has 0 amide bonds. The number of hydrogen-bond acceptors (Lipinski definition) is 4. The number of hydrogen-bond donors (Lipinski definition) is 1. The van der Waals surface area contributed by atoms with Gasteiger partial charge >= 0.3 is 0 Å². The van der Waals surface area contributed by atoms with Crippen LogP contribution in [-0.4, -0.2) is 15.1 Å². The van der Waals surface area contributed by atoms with Crippen LogP contribution in [0.3, 0.4) is 0 Å². The first-order valence-electron chi connectivity index (χ1n) is 3.92. The van der Waals surface area contributed by atoms with Gasteiger partial charge < -0.3 is 0 Å². The number of sulfonamides is 1. The second-order valence-corrected chi connectivity index (χ2v) is 4.51. The van der Waals surface area contributed by atoms with Crippen molar-refractivity contribution in [2.24, 2.45) is 5.18 Å². The number of nitroso groups, excluding NO2 is 1. The monoisotopic (exact) mass is 214 g/mol. The Hall–Kier alpha value is -1.27. The summed E-state index contributed by atoms with van der Waals surface area (Å²) in [4.78, 5) is 9.89. The predicted molar refractivity (Wildman–Crippen MR) is 52.2 cm³/mol. The molecule has 0 atom stereocenters. The number of benzene rings is 1. The first-order chi connectivity index (χ1) is 6.56. The van der Waals surface area contributed by atoms with E-state index in [1.165, 1.54) is 12.1 Å². The van der Waals surface area contributed by atoms with Crippen LogP contribution in [0.1, 0.15) is 5.56 Å². The van der Waals surface area contributed by atoms with Crippen LogP contribution < -0.4 is 4.72 Å². The maximum Gasteiger partial charge on any atom is 0.242 e. The first kappa shape index (κ1) is 10.8. The van der Waals surface area contributed by atoms with Crippen LogP contribution in [0, 0.1) is 11.8 Å². The molecule has 0 unspecified atom stereocenters. The topological polar surface area (TPSA) is 75.6 Å². The maximum atomic E-state index is 11.4. The van der Waals surface area contributed by atoms with Crippen molar-refractivity contribution in [3.05, 3.63) is 34.7 Å². The van der Waals surface area contributed by atoms with Crippen LogP contribution in [-0.2, 0) is 10.0 Å². The van der Waals surface area contributed by atoms with Gasteiger partial charge in [-0.1, -0.05) is 22.9 Å². The summed E-state index contributed by atoms with van der Waals surface area (Å²) in [5, 5.41) is 2.42. The van der Waals surface area contributed by atoms with Gasteiger partial charge in [0.2, 0.25) is 10.0 Å². The fourth-order valence-electron chi connectivity index (χ4n) is 0.912. The lowest BCUT2D eigenvalue weighted by molar-refractivity contribution is 0.583. The van der Waals surface area contributed by atoms with Crippen molar-refractivity contribution in [3.63, 3.8) is 0 Å². The molecule has 0 radical (unpaired) electrons. The van der Waals surface area contributed by atoms with E-state index in [-0.39, 0.29) is 4.90 Å². The lowest BCUT2D eigenvalue weighted by atomic mass is 10.2. The van der Waals surface area contributed by atoms with Crippen molar-refractivity contribution in [2.75, 3.05) is 6.67 Å². The van der Waals surface area contributed by atoms with Gasteiger partial charge in [0.1, 0.15) is 6.67 Å². The van der Waals surface area contributed by atoms with E-state index >= 15 is 0 Å². The van der Waals surface area contributed by atoms with E-state index < -0.39 is 16.7 Å². The highest BCUT2D eigenvalue weighted by Gasteiger charge is 2.12. The standard InChI is InChI=1S/C8H10N2O3S/c1-7-2-4-8(5-3-7)14(12,13)10-6-9-11/h2-5,10H,6H2,1H3. The minimum Gasteiger partial charge on any atom is -0.207 e. The van der Waals surface area contributed by atoms with Crippen molar-refractivity contribution in [1.82, 2.24) is 4.72 Å². The summed E-state index contributed by atoms with van der Waals surface area (Å²) in [5.41, 5.74) is 0.970. The largest absolute Gasteiger partial charge is 0.242 e. The van der Waals surface area contributed by atoms with Crippen LogP contribution in [0.4, 0.5) is 0 Å². The second kappa shape index (κ2) is 4.30. The molecule has 1 rings (SSSR count). The molecule has 5 nitrogen and oxygen atoms in total. The summed E-state index contributed by atoms with van der Waals surface area (Å²) in [6.07, 6.45) is 0. The van der Waals surface area contributed by atoms with E-state index in [9.17, 15) is 13.3 Å². The summed E-state index contributed by atoms with van der Waals surface area (Å²) in [7, 11) is -3.58. The van der Waals surface area contributed by atoms with Crippen molar-refractivity contribution in [2.45, 2.75) is 11.8 Å². The normalized spacial score (nSPS) is 11.2. The summed E-state index contributed by atoms with van der Waals surface area (Å²) in [5.74, 6) is 0. The molecule has 0 heterocycles. The van der Waals surface area contributed by atoms with Gasteiger partial charge in [0, 0.05) is 0 Å². The summed E-state index contributed by atoms with van der Waals surface area (Å²) in [6, 6.07) is 6.32. The Labute approximate surface area is 82.2 Å². The molecule has 6 heteroatoms. The lowest BCUT2D eigenvalue weighted by Crippen LogP contribution is -2.23. The molecule has 0 aliphatic rings. The molecule has 76 valence electrons. The molecule has 1 aromatic rings. The van der Waals surface area contributed by atoms with Crippen molar-refractivity contribution in [3.8, 4) is 0 Å². The summed E-state index contributed by atoms with van der Waals surface area (Å²) < 4.78 is 24.8. The Morgan fingerprint density at radius 2 is 1.86 bits per heavy atom. The van der Waals surface area contributed by atoms with Crippen LogP contribution in [0.5, 0.6) is 0 Å². The molecule has 0 saturated heterocycles. The van der Waals surface area contributed by atoms with Gasteiger partial charge in [0.15, 0.2) is 0 Å².